The molecule has 1 aliphatic rings. The number of amides is 1. The standard InChI is InChI=1S/C17H20N4O2/c1-11-3-5-12(6-4-11)9-18-17-19-14(8-15(22)20-17)13-7-16(23)21(2)10-13/h3-6,8,13H,7,9-10H2,1-2H3,(H2,18,19,20,22)/t13-/m0/s1. The second-order valence-corrected chi connectivity index (χ2v) is 6.03. The number of nitrogens with one attached hydrogen (secondary N) is 2. The molecule has 1 amide bonds. The molecule has 1 atom stereocenters. The maximum absolute atomic E-state index is 11.9. The van der Waals surface area contributed by atoms with Gasteiger partial charge < -0.3 is 10.2 Å². The van der Waals surface area contributed by atoms with Crippen LogP contribution in [0.1, 0.15) is 29.2 Å². The molecule has 0 aliphatic carbocycles. The Morgan fingerprint density at radius 3 is 2.70 bits per heavy atom. The molecule has 0 bridgehead atoms. The van der Waals surface area contributed by atoms with Gasteiger partial charge in [-0.1, -0.05) is 29.8 Å². The van der Waals surface area contributed by atoms with Gasteiger partial charge in [0, 0.05) is 38.5 Å². The van der Waals surface area contributed by atoms with Gasteiger partial charge in [0.05, 0.1) is 5.69 Å². The summed E-state index contributed by atoms with van der Waals surface area (Å²) in [4.78, 5) is 32.4. The summed E-state index contributed by atoms with van der Waals surface area (Å²) in [6.45, 7) is 3.22. The molecule has 0 spiro atoms. The van der Waals surface area contributed by atoms with Crippen molar-refractivity contribution in [2.75, 3.05) is 18.9 Å². The number of rotatable bonds is 4. The molecule has 6 nitrogen and oxygen atoms in total. The lowest BCUT2D eigenvalue weighted by Crippen LogP contribution is -2.19. The Balaban J connectivity index is 1.74. The minimum absolute atomic E-state index is 0.0188. The van der Waals surface area contributed by atoms with Crippen molar-refractivity contribution in [1.29, 1.82) is 0 Å². The SMILES string of the molecule is Cc1ccc(CNc2nc([C@H]3CC(=O)N(C)C3)cc(=O)[nH]2)cc1. The molecule has 2 N–H and O–H groups in total. The average molecular weight is 312 g/mol. The molecular weight excluding hydrogens is 292 g/mol. The van der Waals surface area contributed by atoms with E-state index in [9.17, 15) is 9.59 Å². The summed E-state index contributed by atoms with van der Waals surface area (Å²) in [7, 11) is 1.77. The molecule has 1 aliphatic heterocycles. The molecule has 1 aromatic heterocycles. The fourth-order valence-electron chi connectivity index (χ4n) is 2.72. The van der Waals surface area contributed by atoms with Gasteiger partial charge >= 0.3 is 0 Å². The van der Waals surface area contributed by atoms with Gasteiger partial charge in [-0.15, -0.1) is 0 Å². The highest BCUT2D eigenvalue weighted by Gasteiger charge is 2.29. The first-order valence-corrected chi connectivity index (χ1v) is 7.66. The molecule has 0 unspecified atom stereocenters. The minimum Gasteiger partial charge on any atom is -0.352 e. The first kappa shape index (κ1) is 15.3. The Morgan fingerprint density at radius 1 is 1.30 bits per heavy atom. The van der Waals surface area contributed by atoms with Gasteiger partial charge in [0.15, 0.2) is 0 Å². The van der Waals surface area contributed by atoms with E-state index in [4.69, 9.17) is 0 Å². The number of hydrogen-bond acceptors (Lipinski definition) is 4. The number of carbonyl (C=O) groups is 1. The summed E-state index contributed by atoms with van der Waals surface area (Å²) < 4.78 is 0. The van der Waals surface area contributed by atoms with E-state index in [0.717, 1.165) is 5.56 Å². The largest absolute Gasteiger partial charge is 0.352 e. The van der Waals surface area contributed by atoms with Crippen LogP contribution in [-0.4, -0.2) is 34.4 Å². The number of aromatic nitrogens is 2. The number of anilines is 1. The molecule has 1 saturated heterocycles. The van der Waals surface area contributed by atoms with E-state index in [-0.39, 0.29) is 17.4 Å². The number of benzene rings is 1. The van der Waals surface area contributed by atoms with Crippen LogP contribution in [-0.2, 0) is 11.3 Å². The van der Waals surface area contributed by atoms with Crippen LogP contribution in [0.25, 0.3) is 0 Å². The zero-order valence-corrected chi connectivity index (χ0v) is 13.3. The monoisotopic (exact) mass is 312 g/mol. The number of aromatic amines is 1. The molecule has 1 aromatic carbocycles. The van der Waals surface area contributed by atoms with Crippen molar-refractivity contribution in [2.45, 2.75) is 25.8 Å². The van der Waals surface area contributed by atoms with Crippen molar-refractivity contribution < 1.29 is 4.79 Å². The molecule has 1 fully saturated rings. The van der Waals surface area contributed by atoms with E-state index in [1.165, 1.54) is 11.6 Å². The predicted octanol–water partition coefficient (Wildman–Crippen LogP) is 1.64. The quantitative estimate of drug-likeness (QED) is 0.899. The molecule has 6 heteroatoms. The Kier molecular flexibility index (Phi) is 4.14. The van der Waals surface area contributed by atoms with E-state index in [2.05, 4.69) is 15.3 Å². The van der Waals surface area contributed by atoms with Gasteiger partial charge in [0.25, 0.3) is 5.56 Å². The maximum atomic E-state index is 11.9. The number of likely N-dealkylation sites (tertiary alicyclic amines) is 1. The molecule has 0 saturated carbocycles. The lowest BCUT2D eigenvalue weighted by Gasteiger charge is -2.11. The summed E-state index contributed by atoms with van der Waals surface area (Å²) >= 11 is 0. The van der Waals surface area contributed by atoms with E-state index < -0.39 is 0 Å². The Morgan fingerprint density at radius 2 is 2.04 bits per heavy atom. The van der Waals surface area contributed by atoms with Crippen molar-refractivity contribution in [1.82, 2.24) is 14.9 Å². The highest BCUT2D eigenvalue weighted by molar-refractivity contribution is 5.79. The third-order valence-corrected chi connectivity index (χ3v) is 4.10. The lowest BCUT2D eigenvalue weighted by molar-refractivity contribution is -0.126. The summed E-state index contributed by atoms with van der Waals surface area (Å²) in [5.74, 6) is 0.510. The van der Waals surface area contributed by atoms with E-state index in [0.29, 0.717) is 31.2 Å². The molecule has 120 valence electrons. The molecule has 0 radical (unpaired) electrons. The van der Waals surface area contributed by atoms with Gasteiger partial charge in [-0.05, 0) is 12.5 Å². The third-order valence-electron chi connectivity index (χ3n) is 4.10. The molecule has 2 heterocycles. The summed E-state index contributed by atoms with van der Waals surface area (Å²) in [5.41, 5.74) is 2.78. The zero-order chi connectivity index (χ0) is 16.4. The van der Waals surface area contributed by atoms with Crippen LogP contribution >= 0.6 is 0 Å². The number of hydrogen-bond donors (Lipinski definition) is 2. The summed E-state index contributed by atoms with van der Waals surface area (Å²) in [5, 5.41) is 3.14. The van der Waals surface area contributed by atoms with Gasteiger partial charge in [0.1, 0.15) is 0 Å². The van der Waals surface area contributed by atoms with Crippen molar-refractivity contribution in [2.24, 2.45) is 0 Å². The predicted molar refractivity (Wildman–Crippen MR) is 88.4 cm³/mol. The summed E-state index contributed by atoms with van der Waals surface area (Å²) in [6.07, 6.45) is 0.407. The van der Waals surface area contributed by atoms with Crippen LogP contribution in [0.2, 0.25) is 0 Å². The molecule has 3 rings (SSSR count). The van der Waals surface area contributed by atoms with Crippen LogP contribution in [0.15, 0.2) is 35.1 Å². The number of nitrogens with zero attached hydrogens (tertiary/aromatic N) is 2. The Bertz CT molecular complexity index is 767. The molecule has 23 heavy (non-hydrogen) atoms. The van der Waals surface area contributed by atoms with E-state index in [1.54, 1.807) is 11.9 Å². The highest BCUT2D eigenvalue weighted by atomic mass is 16.2. The Hall–Kier alpha value is -2.63. The van der Waals surface area contributed by atoms with Crippen molar-refractivity contribution in [3.05, 3.63) is 57.5 Å². The van der Waals surface area contributed by atoms with Gasteiger partial charge in [-0.3, -0.25) is 14.6 Å². The first-order valence-electron chi connectivity index (χ1n) is 7.66. The fourth-order valence-corrected chi connectivity index (χ4v) is 2.72. The van der Waals surface area contributed by atoms with Crippen molar-refractivity contribution >= 4 is 11.9 Å². The number of likely N-dealkylation sites (N-methyl/N-ethyl adjacent to an activating group) is 1. The normalized spacial score (nSPS) is 17.6. The van der Waals surface area contributed by atoms with Crippen LogP contribution in [0.3, 0.4) is 0 Å². The smallest absolute Gasteiger partial charge is 0.252 e. The van der Waals surface area contributed by atoms with Crippen LogP contribution in [0.4, 0.5) is 5.95 Å². The zero-order valence-electron chi connectivity index (χ0n) is 13.3. The molecule has 2 aromatic rings. The number of aryl methyl sites for hydroxylation is 1. The number of H-pyrrole nitrogens is 1. The van der Waals surface area contributed by atoms with Crippen molar-refractivity contribution in [3.8, 4) is 0 Å². The maximum Gasteiger partial charge on any atom is 0.252 e. The minimum atomic E-state index is -0.205. The van der Waals surface area contributed by atoms with Crippen molar-refractivity contribution in [3.63, 3.8) is 0 Å². The second kappa shape index (κ2) is 6.24. The topological polar surface area (TPSA) is 78.1 Å². The third kappa shape index (κ3) is 3.59. The van der Waals surface area contributed by atoms with Gasteiger partial charge in [-0.2, -0.15) is 0 Å². The Labute approximate surface area is 134 Å². The fraction of sp³-hybridized carbons (Fsp3) is 0.353. The highest BCUT2D eigenvalue weighted by Crippen LogP contribution is 2.25. The lowest BCUT2D eigenvalue weighted by atomic mass is 10.0. The summed E-state index contributed by atoms with van der Waals surface area (Å²) in [6, 6.07) is 9.64. The molecular formula is C17H20N4O2. The van der Waals surface area contributed by atoms with Gasteiger partial charge in [0.2, 0.25) is 11.9 Å². The average Bonchev–Trinajstić information content (AvgIpc) is 2.86. The number of carbonyl (C=O) groups excluding carboxylic acids is 1. The van der Waals surface area contributed by atoms with E-state index >= 15 is 0 Å². The van der Waals surface area contributed by atoms with Crippen LogP contribution in [0, 0.1) is 6.92 Å². The first-order chi connectivity index (χ1) is 11.0. The van der Waals surface area contributed by atoms with Crippen LogP contribution in [0.5, 0.6) is 0 Å². The van der Waals surface area contributed by atoms with Crippen LogP contribution < -0.4 is 10.9 Å². The van der Waals surface area contributed by atoms with E-state index in [1.807, 2.05) is 31.2 Å². The second-order valence-electron chi connectivity index (χ2n) is 6.03. The van der Waals surface area contributed by atoms with Gasteiger partial charge in [-0.25, -0.2) is 4.98 Å².